The molecule has 174 valence electrons. The number of ether oxygens (including phenoxy) is 1. The Labute approximate surface area is 198 Å². The Morgan fingerprint density at radius 1 is 1.15 bits per heavy atom. The zero-order valence-electron chi connectivity index (χ0n) is 19.5. The third-order valence-electron chi connectivity index (χ3n) is 5.29. The molecule has 2 N–H and O–H groups in total. The molecule has 0 radical (unpaired) electrons. The van der Waals surface area contributed by atoms with E-state index in [4.69, 9.17) is 4.74 Å². The number of hydrogen-bond acceptors (Lipinski definition) is 6. The van der Waals surface area contributed by atoms with Crippen molar-refractivity contribution in [1.29, 1.82) is 0 Å². The highest BCUT2D eigenvalue weighted by molar-refractivity contribution is 7.99. The lowest BCUT2D eigenvalue weighted by Crippen LogP contribution is -2.28. The van der Waals surface area contributed by atoms with Crippen LogP contribution in [0.25, 0.3) is 0 Å². The molecule has 0 unspecified atom stereocenters. The van der Waals surface area contributed by atoms with Crippen LogP contribution in [0, 0.1) is 6.92 Å². The van der Waals surface area contributed by atoms with Crippen LogP contribution in [0.4, 0.5) is 5.69 Å². The number of carbonyl (C=O) groups excluding carboxylic acids is 2. The molecule has 0 bridgehead atoms. The molecule has 0 aliphatic carbocycles. The van der Waals surface area contributed by atoms with Gasteiger partial charge in [0.2, 0.25) is 5.91 Å². The van der Waals surface area contributed by atoms with Crippen LogP contribution in [-0.4, -0.2) is 39.4 Å². The predicted octanol–water partition coefficient (Wildman–Crippen LogP) is 3.92. The van der Waals surface area contributed by atoms with Crippen molar-refractivity contribution in [3.8, 4) is 5.75 Å². The Morgan fingerprint density at radius 3 is 2.55 bits per heavy atom. The van der Waals surface area contributed by atoms with Gasteiger partial charge in [-0.25, -0.2) is 0 Å². The lowest BCUT2D eigenvalue weighted by atomic mass is 10.1. The van der Waals surface area contributed by atoms with E-state index in [9.17, 15) is 9.59 Å². The molecule has 3 aromatic rings. The number of benzene rings is 2. The quantitative estimate of drug-likeness (QED) is 0.463. The van der Waals surface area contributed by atoms with Gasteiger partial charge in [-0.2, -0.15) is 0 Å². The van der Waals surface area contributed by atoms with E-state index in [0.29, 0.717) is 22.3 Å². The maximum absolute atomic E-state index is 12.6. The van der Waals surface area contributed by atoms with Crippen LogP contribution in [0.1, 0.15) is 47.2 Å². The lowest BCUT2D eigenvalue weighted by Gasteiger charge is -2.14. The molecule has 0 fully saturated rings. The van der Waals surface area contributed by atoms with Gasteiger partial charge < -0.3 is 19.9 Å². The second-order valence-electron chi connectivity index (χ2n) is 7.62. The molecular formula is C24H29N5O3S. The normalized spacial score (nSPS) is 11.7. The molecule has 0 saturated heterocycles. The van der Waals surface area contributed by atoms with Crippen molar-refractivity contribution in [3.05, 3.63) is 65.0 Å². The van der Waals surface area contributed by atoms with Gasteiger partial charge in [-0.05, 0) is 55.7 Å². The van der Waals surface area contributed by atoms with Crippen molar-refractivity contribution in [2.75, 3.05) is 18.2 Å². The Balaban J connectivity index is 1.59. The molecule has 9 heteroatoms. The minimum Gasteiger partial charge on any atom is -0.497 e. The summed E-state index contributed by atoms with van der Waals surface area (Å²) in [7, 11) is 3.40. The van der Waals surface area contributed by atoms with Gasteiger partial charge in [0.15, 0.2) is 11.0 Å². The van der Waals surface area contributed by atoms with Crippen molar-refractivity contribution in [1.82, 2.24) is 20.1 Å². The highest BCUT2D eigenvalue weighted by Crippen LogP contribution is 2.23. The first-order valence-corrected chi connectivity index (χ1v) is 11.7. The maximum Gasteiger partial charge on any atom is 0.251 e. The van der Waals surface area contributed by atoms with Crippen LogP contribution in [-0.2, 0) is 18.3 Å². The van der Waals surface area contributed by atoms with Gasteiger partial charge in [-0.1, -0.05) is 36.9 Å². The summed E-state index contributed by atoms with van der Waals surface area (Å²) in [6.45, 7) is 5.89. The smallest absolute Gasteiger partial charge is 0.251 e. The summed E-state index contributed by atoms with van der Waals surface area (Å²) in [6, 6.07) is 12.5. The fraction of sp³-hybridized carbons (Fsp3) is 0.333. The van der Waals surface area contributed by atoms with Gasteiger partial charge in [0.1, 0.15) is 5.75 Å². The Bertz CT molecular complexity index is 1130. The number of hydrogen-bond donors (Lipinski definition) is 2. The van der Waals surface area contributed by atoms with Gasteiger partial charge in [-0.3, -0.25) is 9.59 Å². The topological polar surface area (TPSA) is 98.1 Å². The third kappa shape index (κ3) is 5.92. The molecule has 0 aliphatic rings. The standard InChI is InChI=1S/C24H29N5O3S/c1-6-17-9-7-8-15(2)21(17)26-20(30)14-33-24-28-27-22(29(24)4)16(3)25-23(31)18-10-12-19(32-5)13-11-18/h7-13,16H,6,14H2,1-5H3,(H,25,31)(H,26,30)/t16-/m1/s1. The number of aromatic nitrogens is 3. The van der Waals surface area contributed by atoms with E-state index in [2.05, 4.69) is 27.8 Å². The summed E-state index contributed by atoms with van der Waals surface area (Å²) in [6.07, 6.45) is 0.844. The van der Waals surface area contributed by atoms with Crippen LogP contribution < -0.4 is 15.4 Å². The molecule has 1 aromatic heterocycles. The first kappa shape index (κ1) is 24.3. The number of nitrogens with zero attached hydrogens (tertiary/aromatic N) is 3. The minimum absolute atomic E-state index is 0.102. The summed E-state index contributed by atoms with van der Waals surface area (Å²) >= 11 is 1.30. The Morgan fingerprint density at radius 2 is 1.88 bits per heavy atom. The molecule has 0 saturated carbocycles. The minimum atomic E-state index is -0.362. The van der Waals surface area contributed by atoms with Gasteiger partial charge in [-0.15, -0.1) is 10.2 Å². The summed E-state index contributed by atoms with van der Waals surface area (Å²) in [5.74, 6) is 1.18. The molecule has 8 nitrogen and oxygen atoms in total. The molecule has 0 spiro atoms. The Kier molecular flexibility index (Phi) is 8.11. The summed E-state index contributed by atoms with van der Waals surface area (Å²) < 4.78 is 6.92. The van der Waals surface area contributed by atoms with E-state index in [1.54, 1.807) is 35.9 Å². The van der Waals surface area contributed by atoms with E-state index in [0.717, 1.165) is 23.2 Å². The number of para-hydroxylation sites is 1. The highest BCUT2D eigenvalue weighted by Gasteiger charge is 2.19. The monoisotopic (exact) mass is 467 g/mol. The highest BCUT2D eigenvalue weighted by atomic mass is 32.2. The van der Waals surface area contributed by atoms with Gasteiger partial charge >= 0.3 is 0 Å². The fourth-order valence-corrected chi connectivity index (χ4v) is 4.14. The van der Waals surface area contributed by atoms with E-state index in [1.165, 1.54) is 11.8 Å². The molecule has 0 aliphatic heterocycles. The van der Waals surface area contributed by atoms with Gasteiger partial charge in [0, 0.05) is 18.3 Å². The molecule has 2 aromatic carbocycles. The number of carbonyl (C=O) groups is 2. The van der Waals surface area contributed by atoms with Crippen molar-refractivity contribution < 1.29 is 14.3 Å². The first-order valence-electron chi connectivity index (χ1n) is 10.7. The number of rotatable bonds is 9. The number of aryl methyl sites for hydroxylation is 2. The predicted molar refractivity (Wildman–Crippen MR) is 130 cm³/mol. The van der Waals surface area contributed by atoms with E-state index in [-0.39, 0.29) is 23.6 Å². The second kappa shape index (κ2) is 11.0. The van der Waals surface area contributed by atoms with Crippen LogP contribution >= 0.6 is 11.8 Å². The first-order chi connectivity index (χ1) is 15.8. The molecule has 2 amide bonds. The average Bonchev–Trinajstić information content (AvgIpc) is 3.19. The average molecular weight is 468 g/mol. The van der Waals surface area contributed by atoms with E-state index in [1.807, 2.05) is 39.1 Å². The van der Waals surface area contributed by atoms with Crippen molar-refractivity contribution in [3.63, 3.8) is 0 Å². The SMILES string of the molecule is CCc1cccc(C)c1NC(=O)CSc1nnc([C@@H](C)NC(=O)c2ccc(OC)cc2)n1C. The largest absolute Gasteiger partial charge is 0.497 e. The zero-order valence-corrected chi connectivity index (χ0v) is 20.3. The van der Waals surface area contributed by atoms with Gasteiger partial charge in [0.05, 0.1) is 18.9 Å². The van der Waals surface area contributed by atoms with Crippen molar-refractivity contribution in [2.45, 2.75) is 38.4 Å². The molecular weight excluding hydrogens is 438 g/mol. The number of nitrogens with one attached hydrogen (secondary N) is 2. The summed E-state index contributed by atoms with van der Waals surface area (Å²) in [5, 5.41) is 15.0. The van der Waals surface area contributed by atoms with E-state index < -0.39 is 0 Å². The lowest BCUT2D eigenvalue weighted by molar-refractivity contribution is -0.113. The molecule has 1 atom stereocenters. The molecule has 1 heterocycles. The third-order valence-corrected chi connectivity index (χ3v) is 6.31. The number of amides is 2. The number of thioether (sulfide) groups is 1. The zero-order chi connectivity index (χ0) is 24.0. The summed E-state index contributed by atoms with van der Waals surface area (Å²) in [4.78, 5) is 25.1. The molecule has 33 heavy (non-hydrogen) atoms. The number of anilines is 1. The van der Waals surface area contributed by atoms with E-state index >= 15 is 0 Å². The second-order valence-corrected chi connectivity index (χ2v) is 8.57. The number of methoxy groups -OCH3 is 1. The van der Waals surface area contributed by atoms with Crippen LogP contribution in [0.15, 0.2) is 47.6 Å². The van der Waals surface area contributed by atoms with Crippen LogP contribution in [0.5, 0.6) is 5.75 Å². The van der Waals surface area contributed by atoms with Crippen LogP contribution in [0.3, 0.4) is 0 Å². The van der Waals surface area contributed by atoms with Crippen molar-refractivity contribution >= 4 is 29.3 Å². The van der Waals surface area contributed by atoms with Crippen molar-refractivity contribution in [2.24, 2.45) is 7.05 Å². The maximum atomic E-state index is 12.6. The van der Waals surface area contributed by atoms with Crippen LogP contribution in [0.2, 0.25) is 0 Å². The molecule has 3 rings (SSSR count). The Hall–Kier alpha value is -3.33. The summed E-state index contributed by atoms with van der Waals surface area (Å²) in [5.41, 5.74) is 3.55. The fourth-order valence-electron chi connectivity index (χ4n) is 3.42. The van der Waals surface area contributed by atoms with Gasteiger partial charge in [0.25, 0.3) is 5.91 Å².